The van der Waals surface area contributed by atoms with Gasteiger partial charge in [0.15, 0.2) is 34.6 Å². The first-order valence-electron chi connectivity index (χ1n) is 6.32. The van der Waals surface area contributed by atoms with Crippen LogP contribution in [0.5, 0.6) is 0 Å². The van der Waals surface area contributed by atoms with Crippen molar-refractivity contribution in [3.05, 3.63) is 24.3 Å². The summed E-state index contributed by atoms with van der Waals surface area (Å²) in [6.45, 7) is 0. The van der Waals surface area contributed by atoms with Crippen molar-refractivity contribution in [1.82, 2.24) is 39.9 Å². The second-order valence-electron chi connectivity index (χ2n) is 4.47. The Balaban J connectivity index is 1.74. The van der Waals surface area contributed by atoms with E-state index in [9.17, 15) is 0 Å². The lowest BCUT2D eigenvalue weighted by Gasteiger charge is -1.98. The van der Waals surface area contributed by atoms with E-state index in [4.69, 9.17) is 11.5 Å². The fourth-order valence-corrected chi connectivity index (χ4v) is 2.04. The highest BCUT2D eigenvalue weighted by molar-refractivity contribution is 5.84. The summed E-state index contributed by atoms with van der Waals surface area (Å²) >= 11 is 0. The van der Waals surface area contributed by atoms with Crippen LogP contribution in [0.1, 0.15) is 11.6 Å². The van der Waals surface area contributed by atoms with Crippen molar-refractivity contribution in [3.63, 3.8) is 0 Å². The highest BCUT2D eigenvalue weighted by Crippen LogP contribution is 2.16. The van der Waals surface area contributed by atoms with E-state index >= 15 is 0 Å². The van der Waals surface area contributed by atoms with Crippen LogP contribution >= 0.6 is 0 Å². The molecular weight excluding hydrogens is 284 g/mol. The molecule has 4 heterocycles. The maximum absolute atomic E-state index is 5.83. The lowest BCUT2D eigenvalue weighted by molar-refractivity contribution is 1.16. The standard InChI is InChI=1S/C12H10N10/c13-9-7-11(17-3-15-7)21-5(19-9)1-2-6-20-10(14)8-12(22-6)18-4-16-8/h1-4H,(H3,13,15,17,19,21)(H3,14,16,18,20,22)/b2-1+. The number of nitrogens with one attached hydrogen (secondary N) is 2. The second kappa shape index (κ2) is 4.48. The van der Waals surface area contributed by atoms with E-state index in [0.29, 0.717) is 45.6 Å². The van der Waals surface area contributed by atoms with Crippen molar-refractivity contribution >= 4 is 46.1 Å². The van der Waals surface area contributed by atoms with Crippen LogP contribution in [-0.2, 0) is 0 Å². The first-order chi connectivity index (χ1) is 10.7. The summed E-state index contributed by atoms with van der Waals surface area (Å²) in [6, 6.07) is 0. The Morgan fingerprint density at radius 2 is 1.18 bits per heavy atom. The molecule has 0 aliphatic rings. The number of fused-ring (bicyclic) bond motifs is 2. The summed E-state index contributed by atoms with van der Waals surface area (Å²) in [6.07, 6.45) is 6.30. The van der Waals surface area contributed by atoms with E-state index < -0.39 is 0 Å². The van der Waals surface area contributed by atoms with Gasteiger partial charge in [0.2, 0.25) is 0 Å². The largest absolute Gasteiger partial charge is 0.382 e. The van der Waals surface area contributed by atoms with Gasteiger partial charge in [0, 0.05) is 0 Å². The van der Waals surface area contributed by atoms with Gasteiger partial charge in [-0.15, -0.1) is 0 Å². The highest BCUT2D eigenvalue weighted by atomic mass is 15.1. The summed E-state index contributed by atoms with van der Waals surface area (Å²) in [7, 11) is 0. The Kier molecular flexibility index (Phi) is 2.48. The Bertz CT molecular complexity index is 929. The maximum atomic E-state index is 5.83. The molecule has 0 atom stereocenters. The Hall–Kier alpha value is -3.56. The lowest BCUT2D eigenvalue weighted by atomic mass is 10.4. The Labute approximate surface area is 122 Å². The predicted molar refractivity (Wildman–Crippen MR) is 81.1 cm³/mol. The van der Waals surface area contributed by atoms with Crippen LogP contribution < -0.4 is 11.5 Å². The number of aromatic nitrogens is 8. The number of hydrogen-bond acceptors (Lipinski definition) is 8. The minimum absolute atomic E-state index is 0.324. The zero-order valence-electron chi connectivity index (χ0n) is 11.1. The van der Waals surface area contributed by atoms with E-state index in [1.54, 1.807) is 12.2 Å². The van der Waals surface area contributed by atoms with E-state index in [1.807, 2.05) is 0 Å². The molecule has 6 N–H and O–H groups in total. The van der Waals surface area contributed by atoms with Crippen LogP contribution in [0.4, 0.5) is 11.6 Å². The molecule has 0 saturated carbocycles. The van der Waals surface area contributed by atoms with Gasteiger partial charge in [-0.1, -0.05) is 0 Å². The lowest BCUT2D eigenvalue weighted by Crippen LogP contribution is -1.98. The molecule has 22 heavy (non-hydrogen) atoms. The van der Waals surface area contributed by atoms with Gasteiger partial charge in [-0.25, -0.2) is 29.9 Å². The third-order valence-electron chi connectivity index (χ3n) is 3.04. The minimum Gasteiger partial charge on any atom is -0.382 e. The van der Waals surface area contributed by atoms with Gasteiger partial charge in [-0.05, 0) is 12.2 Å². The molecule has 0 amide bonds. The summed E-state index contributed by atoms with van der Waals surface area (Å²) in [5.41, 5.74) is 13.9. The van der Waals surface area contributed by atoms with Gasteiger partial charge in [0.05, 0.1) is 12.7 Å². The predicted octanol–water partition coefficient (Wildman–Crippen LogP) is 0.354. The third-order valence-corrected chi connectivity index (χ3v) is 3.04. The monoisotopic (exact) mass is 294 g/mol. The molecule has 0 radical (unpaired) electrons. The van der Waals surface area contributed by atoms with Crippen molar-refractivity contribution < 1.29 is 0 Å². The zero-order valence-corrected chi connectivity index (χ0v) is 11.1. The number of imidazole rings is 2. The molecule has 0 unspecified atom stereocenters. The number of nitrogen functional groups attached to an aromatic ring is 2. The Morgan fingerprint density at radius 3 is 1.64 bits per heavy atom. The van der Waals surface area contributed by atoms with Gasteiger partial charge in [-0.3, -0.25) is 0 Å². The van der Waals surface area contributed by atoms with Gasteiger partial charge < -0.3 is 21.4 Å². The summed E-state index contributed by atoms with van der Waals surface area (Å²) in [5, 5.41) is 0. The molecule has 10 nitrogen and oxygen atoms in total. The highest BCUT2D eigenvalue weighted by Gasteiger charge is 2.07. The average molecular weight is 294 g/mol. The fourth-order valence-electron chi connectivity index (χ4n) is 2.04. The van der Waals surface area contributed by atoms with Crippen molar-refractivity contribution in [3.8, 4) is 0 Å². The first-order valence-corrected chi connectivity index (χ1v) is 6.32. The molecule has 0 aliphatic carbocycles. The van der Waals surface area contributed by atoms with E-state index in [-0.39, 0.29) is 0 Å². The number of anilines is 2. The van der Waals surface area contributed by atoms with Crippen LogP contribution in [0.25, 0.3) is 34.5 Å². The van der Waals surface area contributed by atoms with E-state index in [0.717, 1.165) is 0 Å². The SMILES string of the molecule is Nc1nc(/C=C/c2nc(N)c3[nH]cnc3n2)nc2nc[nH]c12. The van der Waals surface area contributed by atoms with Crippen LogP contribution in [0.2, 0.25) is 0 Å². The molecule has 0 aliphatic heterocycles. The number of rotatable bonds is 2. The van der Waals surface area contributed by atoms with Gasteiger partial charge >= 0.3 is 0 Å². The molecule has 0 bridgehead atoms. The average Bonchev–Trinajstić information content (AvgIpc) is 3.13. The molecule has 4 aromatic heterocycles. The third kappa shape index (κ3) is 1.90. The topological polar surface area (TPSA) is 161 Å². The maximum Gasteiger partial charge on any atom is 0.183 e. The zero-order chi connectivity index (χ0) is 15.1. The number of nitrogens with two attached hydrogens (primary N) is 2. The number of H-pyrrole nitrogens is 2. The summed E-state index contributed by atoms with van der Waals surface area (Å²) < 4.78 is 0. The normalized spacial score (nSPS) is 11.8. The second-order valence-corrected chi connectivity index (χ2v) is 4.47. The molecule has 108 valence electrons. The number of nitrogens with zero attached hydrogens (tertiary/aromatic N) is 6. The molecule has 0 spiro atoms. The van der Waals surface area contributed by atoms with Crippen molar-refractivity contribution in [1.29, 1.82) is 0 Å². The van der Waals surface area contributed by atoms with E-state index in [1.165, 1.54) is 12.7 Å². The molecule has 4 rings (SSSR count). The molecule has 0 fully saturated rings. The molecule has 10 heteroatoms. The quantitative estimate of drug-likeness (QED) is 0.411. The van der Waals surface area contributed by atoms with Crippen LogP contribution in [0.15, 0.2) is 12.7 Å². The van der Waals surface area contributed by atoms with Crippen LogP contribution in [-0.4, -0.2) is 39.9 Å². The summed E-state index contributed by atoms with van der Waals surface area (Å²) in [5.74, 6) is 1.46. The minimum atomic E-state index is 0.324. The van der Waals surface area contributed by atoms with Crippen molar-refractivity contribution in [2.75, 3.05) is 11.5 Å². The van der Waals surface area contributed by atoms with Gasteiger partial charge in [-0.2, -0.15) is 0 Å². The smallest absolute Gasteiger partial charge is 0.183 e. The number of hydrogen-bond donors (Lipinski definition) is 4. The molecular formula is C12H10N10. The van der Waals surface area contributed by atoms with Gasteiger partial charge in [0.25, 0.3) is 0 Å². The molecule has 4 aromatic rings. The molecule has 0 saturated heterocycles. The van der Waals surface area contributed by atoms with Gasteiger partial charge in [0.1, 0.15) is 11.0 Å². The number of aromatic amines is 2. The van der Waals surface area contributed by atoms with Crippen molar-refractivity contribution in [2.24, 2.45) is 0 Å². The van der Waals surface area contributed by atoms with Crippen molar-refractivity contribution in [2.45, 2.75) is 0 Å². The van der Waals surface area contributed by atoms with Crippen LogP contribution in [0.3, 0.4) is 0 Å². The van der Waals surface area contributed by atoms with E-state index in [2.05, 4.69) is 39.9 Å². The first kappa shape index (κ1) is 12.2. The summed E-state index contributed by atoms with van der Waals surface area (Å²) in [4.78, 5) is 30.7. The van der Waals surface area contributed by atoms with Crippen LogP contribution in [0, 0.1) is 0 Å². The molecule has 0 aromatic carbocycles. The Morgan fingerprint density at radius 1 is 0.727 bits per heavy atom. The fraction of sp³-hybridized carbons (Fsp3) is 0.